The van der Waals surface area contributed by atoms with Gasteiger partial charge in [0.2, 0.25) is 0 Å². The summed E-state index contributed by atoms with van der Waals surface area (Å²) in [7, 11) is 0. The van der Waals surface area contributed by atoms with Gasteiger partial charge in [-0.25, -0.2) is 4.98 Å². The zero-order valence-electron chi connectivity index (χ0n) is 9.07. The highest BCUT2D eigenvalue weighted by molar-refractivity contribution is 9.10. The van der Waals surface area contributed by atoms with Gasteiger partial charge in [0, 0.05) is 17.1 Å². The second kappa shape index (κ2) is 6.01. The molecule has 0 atom stereocenters. The number of carbonyl (C=O) groups is 1. The molecule has 0 aliphatic carbocycles. The third-order valence-corrected chi connectivity index (χ3v) is 2.40. The van der Waals surface area contributed by atoms with Crippen LogP contribution in [-0.4, -0.2) is 16.0 Å². The maximum atomic E-state index is 11.6. The maximum Gasteiger partial charge on any atom is 0.270 e. The molecule has 2 N–H and O–H groups in total. The number of hydrogen-bond acceptors (Lipinski definition) is 4. The summed E-state index contributed by atoms with van der Waals surface area (Å²) in [5, 5.41) is 20.6. The topological polar surface area (TPSA) is 86.0 Å². The summed E-state index contributed by atoms with van der Waals surface area (Å²) in [5.41, 5.74) is -0.294. The number of aliphatic hydroxyl groups is 1. The largest absolute Gasteiger partial charge is 0.511 e. The Hall–Kier alpha value is -1.87. The lowest BCUT2D eigenvalue weighted by Gasteiger charge is -2.04. The highest BCUT2D eigenvalue weighted by Crippen LogP contribution is 2.12. The van der Waals surface area contributed by atoms with Crippen molar-refractivity contribution in [1.82, 2.24) is 4.98 Å². The van der Waals surface area contributed by atoms with Crippen molar-refractivity contribution in [1.29, 1.82) is 5.26 Å². The van der Waals surface area contributed by atoms with E-state index >= 15 is 0 Å². The predicted octanol–water partition coefficient (Wildman–Crippen LogP) is 2.53. The lowest BCUT2D eigenvalue weighted by molar-refractivity contribution is -0.112. The first kappa shape index (κ1) is 13.2. The Morgan fingerprint density at radius 1 is 1.65 bits per heavy atom. The van der Waals surface area contributed by atoms with Crippen LogP contribution in [0.5, 0.6) is 0 Å². The van der Waals surface area contributed by atoms with Crippen LogP contribution in [0.3, 0.4) is 0 Å². The molecule has 1 heterocycles. The number of pyridine rings is 1. The normalized spacial score (nSPS) is 11.4. The number of allylic oxidation sites excluding steroid dienone is 1. The van der Waals surface area contributed by atoms with Gasteiger partial charge in [0.05, 0.1) is 0 Å². The number of nitrogens with one attached hydrogen (secondary N) is 1. The molecule has 1 rings (SSSR count). The Balaban J connectivity index is 2.86. The second-order valence-electron chi connectivity index (χ2n) is 3.10. The van der Waals surface area contributed by atoms with Crippen molar-refractivity contribution in [2.45, 2.75) is 13.3 Å². The van der Waals surface area contributed by atoms with Crippen molar-refractivity contribution in [3.05, 3.63) is 34.1 Å². The van der Waals surface area contributed by atoms with Crippen LogP contribution in [0.15, 0.2) is 34.1 Å². The molecule has 1 amide bonds. The SMILES string of the molecule is CCC(O)=C(C#N)C(=O)Nc1ccc(Br)cn1. The van der Waals surface area contributed by atoms with E-state index < -0.39 is 5.91 Å². The lowest BCUT2D eigenvalue weighted by Crippen LogP contribution is -2.16. The third kappa shape index (κ3) is 3.57. The van der Waals surface area contributed by atoms with E-state index in [1.165, 1.54) is 6.20 Å². The number of aromatic nitrogens is 1. The zero-order chi connectivity index (χ0) is 12.8. The number of rotatable bonds is 3. The molecule has 0 saturated heterocycles. The number of amides is 1. The molecule has 1 aromatic rings. The number of aliphatic hydroxyl groups excluding tert-OH is 1. The van der Waals surface area contributed by atoms with Gasteiger partial charge in [0.15, 0.2) is 5.57 Å². The minimum absolute atomic E-state index is 0.226. The first-order chi connectivity index (χ1) is 8.08. The molecule has 0 aliphatic rings. The van der Waals surface area contributed by atoms with Gasteiger partial charge in [0.1, 0.15) is 17.6 Å². The van der Waals surface area contributed by atoms with Crippen LogP contribution in [0, 0.1) is 11.3 Å². The molecule has 0 spiro atoms. The van der Waals surface area contributed by atoms with Gasteiger partial charge >= 0.3 is 0 Å². The summed E-state index contributed by atoms with van der Waals surface area (Å²) in [5.74, 6) is -0.585. The van der Waals surface area contributed by atoms with Crippen molar-refractivity contribution in [3.63, 3.8) is 0 Å². The van der Waals surface area contributed by atoms with Crippen molar-refractivity contribution in [2.24, 2.45) is 0 Å². The molecule has 1 aromatic heterocycles. The Kier molecular flexibility index (Phi) is 4.67. The number of nitriles is 1. The second-order valence-corrected chi connectivity index (χ2v) is 4.02. The van der Waals surface area contributed by atoms with Crippen LogP contribution in [0.25, 0.3) is 0 Å². The van der Waals surface area contributed by atoms with E-state index in [0.717, 1.165) is 4.47 Å². The Labute approximate surface area is 107 Å². The van der Waals surface area contributed by atoms with Crippen LogP contribution < -0.4 is 5.32 Å². The molecule has 0 unspecified atom stereocenters. The van der Waals surface area contributed by atoms with E-state index in [4.69, 9.17) is 5.26 Å². The molecule has 0 radical (unpaired) electrons. The van der Waals surface area contributed by atoms with Gasteiger partial charge in [-0.1, -0.05) is 6.92 Å². The third-order valence-electron chi connectivity index (χ3n) is 1.93. The standard InChI is InChI=1S/C11H10BrN3O2/c1-2-9(16)8(5-13)11(17)15-10-4-3-7(12)6-14-10/h3-4,6,16H,2H2,1H3,(H,14,15,17). The number of hydrogen-bond donors (Lipinski definition) is 2. The zero-order valence-corrected chi connectivity index (χ0v) is 10.7. The van der Waals surface area contributed by atoms with E-state index in [0.29, 0.717) is 5.82 Å². The maximum absolute atomic E-state index is 11.6. The predicted molar refractivity (Wildman–Crippen MR) is 66.1 cm³/mol. The molecule has 0 saturated carbocycles. The van der Waals surface area contributed by atoms with Gasteiger partial charge in [0.25, 0.3) is 5.91 Å². The monoisotopic (exact) mass is 295 g/mol. The first-order valence-corrected chi connectivity index (χ1v) is 5.63. The molecule has 17 heavy (non-hydrogen) atoms. The van der Waals surface area contributed by atoms with Crippen LogP contribution in [0.1, 0.15) is 13.3 Å². The van der Waals surface area contributed by atoms with Gasteiger partial charge in [-0.05, 0) is 28.1 Å². The highest BCUT2D eigenvalue weighted by Gasteiger charge is 2.14. The summed E-state index contributed by atoms with van der Waals surface area (Å²) in [6.45, 7) is 1.65. The molecular weight excluding hydrogens is 286 g/mol. The quantitative estimate of drug-likeness (QED) is 0.510. The summed E-state index contributed by atoms with van der Waals surface area (Å²) in [4.78, 5) is 15.6. The van der Waals surface area contributed by atoms with E-state index in [-0.39, 0.29) is 17.8 Å². The summed E-state index contributed by atoms with van der Waals surface area (Å²) in [6, 6.07) is 4.95. The van der Waals surface area contributed by atoms with E-state index in [2.05, 4.69) is 26.2 Å². The highest BCUT2D eigenvalue weighted by atomic mass is 79.9. The Morgan fingerprint density at radius 3 is 2.82 bits per heavy atom. The number of nitrogens with zero attached hydrogens (tertiary/aromatic N) is 2. The van der Waals surface area contributed by atoms with Crippen molar-refractivity contribution < 1.29 is 9.90 Å². The Morgan fingerprint density at radius 2 is 2.35 bits per heavy atom. The summed E-state index contributed by atoms with van der Waals surface area (Å²) >= 11 is 3.21. The molecular formula is C11H10BrN3O2. The fraction of sp³-hybridized carbons (Fsp3) is 0.182. The average molecular weight is 296 g/mol. The van der Waals surface area contributed by atoms with Crippen LogP contribution in [0.4, 0.5) is 5.82 Å². The minimum atomic E-state index is -0.665. The van der Waals surface area contributed by atoms with Gasteiger partial charge in [-0.3, -0.25) is 4.79 Å². The lowest BCUT2D eigenvalue weighted by atomic mass is 10.2. The molecule has 6 heteroatoms. The fourth-order valence-corrected chi connectivity index (χ4v) is 1.29. The number of carbonyl (C=O) groups excluding carboxylic acids is 1. The molecule has 0 aromatic carbocycles. The summed E-state index contributed by atoms with van der Waals surface area (Å²) < 4.78 is 0.781. The first-order valence-electron chi connectivity index (χ1n) is 4.83. The van der Waals surface area contributed by atoms with Gasteiger partial charge in [-0.2, -0.15) is 5.26 Å². The molecule has 0 fully saturated rings. The van der Waals surface area contributed by atoms with Crippen molar-refractivity contribution in [2.75, 3.05) is 5.32 Å². The van der Waals surface area contributed by atoms with Crippen LogP contribution >= 0.6 is 15.9 Å². The van der Waals surface area contributed by atoms with Crippen LogP contribution in [0.2, 0.25) is 0 Å². The van der Waals surface area contributed by atoms with Crippen molar-refractivity contribution in [3.8, 4) is 6.07 Å². The molecule has 0 aliphatic heterocycles. The smallest absolute Gasteiger partial charge is 0.270 e. The van der Waals surface area contributed by atoms with E-state index in [9.17, 15) is 9.90 Å². The van der Waals surface area contributed by atoms with E-state index in [1.54, 1.807) is 25.1 Å². The number of anilines is 1. The number of halogens is 1. The molecule has 88 valence electrons. The van der Waals surface area contributed by atoms with Crippen LogP contribution in [-0.2, 0) is 4.79 Å². The average Bonchev–Trinajstić information content (AvgIpc) is 2.32. The fourth-order valence-electron chi connectivity index (χ4n) is 1.05. The Bertz CT molecular complexity index is 488. The minimum Gasteiger partial charge on any atom is -0.511 e. The van der Waals surface area contributed by atoms with E-state index in [1.807, 2.05) is 0 Å². The van der Waals surface area contributed by atoms with Gasteiger partial charge < -0.3 is 10.4 Å². The summed E-state index contributed by atoms with van der Waals surface area (Å²) in [6.07, 6.45) is 1.75. The molecule has 0 bridgehead atoms. The van der Waals surface area contributed by atoms with Gasteiger partial charge in [-0.15, -0.1) is 0 Å². The van der Waals surface area contributed by atoms with Crippen molar-refractivity contribution >= 4 is 27.7 Å². The molecule has 5 nitrogen and oxygen atoms in total.